The van der Waals surface area contributed by atoms with Crippen LogP contribution in [0.2, 0.25) is 0 Å². The van der Waals surface area contributed by atoms with Gasteiger partial charge in [-0.2, -0.15) is 0 Å². The lowest BCUT2D eigenvalue weighted by Gasteiger charge is -2.34. The van der Waals surface area contributed by atoms with Gasteiger partial charge in [-0.25, -0.2) is 0 Å². The van der Waals surface area contributed by atoms with E-state index in [2.05, 4.69) is 10.3 Å². The van der Waals surface area contributed by atoms with Gasteiger partial charge in [-0.05, 0) is 43.5 Å². The molecule has 3 heteroatoms. The topological polar surface area (TPSA) is 45.2 Å². The molecule has 14 heavy (non-hydrogen) atoms. The van der Waals surface area contributed by atoms with Gasteiger partial charge in [0.25, 0.3) is 0 Å². The highest BCUT2D eigenvalue weighted by Crippen LogP contribution is 2.29. The van der Waals surface area contributed by atoms with Gasteiger partial charge >= 0.3 is 0 Å². The van der Waals surface area contributed by atoms with E-state index in [1.54, 1.807) is 6.20 Å². The number of aromatic nitrogens is 1. The quantitative estimate of drug-likeness (QED) is 0.696. The van der Waals surface area contributed by atoms with Crippen LogP contribution in [-0.4, -0.2) is 23.2 Å². The number of rotatable bonds is 1. The van der Waals surface area contributed by atoms with Crippen LogP contribution in [0.4, 0.5) is 0 Å². The van der Waals surface area contributed by atoms with Crippen molar-refractivity contribution >= 4 is 0 Å². The lowest BCUT2D eigenvalue weighted by Crippen LogP contribution is -2.43. The Labute approximate surface area is 84.2 Å². The first-order chi connectivity index (χ1) is 6.72. The van der Waals surface area contributed by atoms with Crippen molar-refractivity contribution < 1.29 is 5.11 Å². The van der Waals surface area contributed by atoms with Crippen molar-refractivity contribution in [1.29, 1.82) is 0 Å². The molecular formula is C11H16N2O. The summed E-state index contributed by atoms with van der Waals surface area (Å²) in [6.07, 6.45) is 5.42. The molecule has 1 atom stereocenters. The Balaban J connectivity index is 2.32. The molecule has 2 N–H and O–H groups in total. The summed E-state index contributed by atoms with van der Waals surface area (Å²) in [6.45, 7) is 3.65. The van der Waals surface area contributed by atoms with Gasteiger partial charge in [0.05, 0.1) is 0 Å². The monoisotopic (exact) mass is 192 g/mol. The van der Waals surface area contributed by atoms with E-state index in [0.717, 1.165) is 30.5 Å². The number of β-amino-alcohol motifs (C(OH)–C–C–N with tert-alkyl or cyclic N) is 1. The summed E-state index contributed by atoms with van der Waals surface area (Å²) in [5.74, 6) is 0. The fourth-order valence-electron chi connectivity index (χ4n) is 2.11. The molecule has 1 aliphatic rings. The zero-order valence-corrected chi connectivity index (χ0v) is 8.45. The number of hydrogen-bond acceptors (Lipinski definition) is 3. The van der Waals surface area contributed by atoms with Gasteiger partial charge in [-0.3, -0.25) is 4.98 Å². The summed E-state index contributed by atoms with van der Waals surface area (Å²) < 4.78 is 0. The number of hydrogen-bond donors (Lipinski definition) is 2. The van der Waals surface area contributed by atoms with E-state index in [9.17, 15) is 5.11 Å². The van der Waals surface area contributed by atoms with Crippen molar-refractivity contribution in [2.24, 2.45) is 0 Å². The molecule has 0 spiro atoms. The van der Waals surface area contributed by atoms with Crippen LogP contribution in [0.5, 0.6) is 0 Å². The summed E-state index contributed by atoms with van der Waals surface area (Å²) in [5.41, 5.74) is 1.39. The molecule has 76 valence electrons. The minimum atomic E-state index is -0.689. The van der Waals surface area contributed by atoms with Gasteiger partial charge in [0.2, 0.25) is 0 Å². The highest BCUT2D eigenvalue weighted by Gasteiger charge is 2.32. The molecule has 3 nitrogen and oxygen atoms in total. The Bertz CT molecular complexity index is 319. The van der Waals surface area contributed by atoms with Crippen LogP contribution in [0, 0.1) is 6.92 Å². The van der Waals surface area contributed by atoms with Crippen LogP contribution in [0.25, 0.3) is 0 Å². The van der Waals surface area contributed by atoms with Crippen LogP contribution in [0.3, 0.4) is 0 Å². The first kappa shape index (κ1) is 9.62. The van der Waals surface area contributed by atoms with Gasteiger partial charge in [0.1, 0.15) is 5.60 Å². The fraction of sp³-hybridized carbons (Fsp3) is 0.545. The normalized spacial score (nSPS) is 27.6. The molecule has 1 saturated heterocycles. The molecule has 0 amide bonds. The molecule has 0 bridgehead atoms. The summed E-state index contributed by atoms with van der Waals surface area (Å²) in [7, 11) is 0. The maximum absolute atomic E-state index is 10.4. The molecule has 2 heterocycles. The van der Waals surface area contributed by atoms with E-state index < -0.39 is 5.60 Å². The molecule has 1 aromatic heterocycles. The number of pyridine rings is 1. The predicted octanol–water partition coefficient (Wildman–Crippen LogP) is 0.961. The van der Waals surface area contributed by atoms with Crippen molar-refractivity contribution in [3.63, 3.8) is 0 Å². The highest BCUT2D eigenvalue weighted by molar-refractivity contribution is 5.29. The molecule has 0 aromatic carbocycles. The third-order valence-electron chi connectivity index (χ3n) is 2.88. The first-order valence-corrected chi connectivity index (χ1v) is 5.06. The second-order valence-corrected chi connectivity index (χ2v) is 4.00. The Hall–Kier alpha value is -0.930. The number of aryl methyl sites for hydroxylation is 1. The smallest absolute Gasteiger partial charge is 0.102 e. The van der Waals surface area contributed by atoms with Crippen molar-refractivity contribution in [3.05, 3.63) is 29.6 Å². The average molecular weight is 192 g/mol. The predicted molar refractivity (Wildman–Crippen MR) is 55.0 cm³/mol. The van der Waals surface area contributed by atoms with E-state index in [1.807, 2.05) is 19.2 Å². The molecule has 1 fully saturated rings. The van der Waals surface area contributed by atoms with Gasteiger partial charge < -0.3 is 10.4 Å². The summed E-state index contributed by atoms with van der Waals surface area (Å²) in [5, 5.41) is 13.7. The van der Waals surface area contributed by atoms with E-state index in [1.165, 1.54) is 0 Å². The highest BCUT2D eigenvalue weighted by atomic mass is 16.3. The standard InChI is InChI=1S/C11H16N2O/c1-9-7-12-6-3-10(9)11(14)4-2-5-13-8-11/h3,6-7,13-14H,2,4-5,8H2,1H3. The van der Waals surface area contributed by atoms with Crippen molar-refractivity contribution in [2.45, 2.75) is 25.4 Å². The molecular weight excluding hydrogens is 176 g/mol. The number of nitrogens with one attached hydrogen (secondary N) is 1. The Morgan fingerprint density at radius 1 is 1.57 bits per heavy atom. The zero-order valence-electron chi connectivity index (χ0n) is 8.45. The maximum Gasteiger partial charge on any atom is 0.102 e. The molecule has 0 saturated carbocycles. The largest absolute Gasteiger partial charge is 0.384 e. The number of piperidine rings is 1. The summed E-state index contributed by atoms with van der Waals surface area (Å²) in [4.78, 5) is 4.04. The molecule has 0 aliphatic carbocycles. The van der Waals surface area contributed by atoms with E-state index in [0.29, 0.717) is 6.54 Å². The van der Waals surface area contributed by atoms with Crippen molar-refractivity contribution in [2.75, 3.05) is 13.1 Å². The second-order valence-electron chi connectivity index (χ2n) is 4.00. The van der Waals surface area contributed by atoms with Crippen LogP contribution in [0.1, 0.15) is 24.0 Å². The molecule has 2 rings (SSSR count). The van der Waals surface area contributed by atoms with Gasteiger partial charge in [0.15, 0.2) is 0 Å². The van der Waals surface area contributed by atoms with Crippen molar-refractivity contribution in [3.8, 4) is 0 Å². The van der Waals surface area contributed by atoms with E-state index >= 15 is 0 Å². The van der Waals surface area contributed by atoms with Crippen LogP contribution in [-0.2, 0) is 5.60 Å². The van der Waals surface area contributed by atoms with Crippen molar-refractivity contribution in [1.82, 2.24) is 10.3 Å². The zero-order chi connectivity index (χ0) is 10.0. The Kier molecular flexibility index (Phi) is 2.52. The fourth-order valence-corrected chi connectivity index (χ4v) is 2.11. The average Bonchev–Trinajstić information content (AvgIpc) is 2.19. The van der Waals surface area contributed by atoms with Gasteiger partial charge in [-0.1, -0.05) is 0 Å². The van der Waals surface area contributed by atoms with E-state index in [4.69, 9.17) is 0 Å². The third kappa shape index (κ3) is 1.65. The lowest BCUT2D eigenvalue weighted by molar-refractivity contribution is 0.0117. The molecule has 1 aliphatic heterocycles. The lowest BCUT2D eigenvalue weighted by atomic mass is 9.85. The van der Waals surface area contributed by atoms with Crippen LogP contribution < -0.4 is 5.32 Å². The first-order valence-electron chi connectivity index (χ1n) is 5.06. The molecule has 0 radical (unpaired) electrons. The van der Waals surface area contributed by atoms with Crippen LogP contribution in [0.15, 0.2) is 18.5 Å². The second kappa shape index (κ2) is 3.67. The molecule has 1 unspecified atom stereocenters. The van der Waals surface area contributed by atoms with Gasteiger partial charge in [0, 0.05) is 18.9 Å². The maximum atomic E-state index is 10.4. The summed E-state index contributed by atoms with van der Waals surface area (Å²) >= 11 is 0. The van der Waals surface area contributed by atoms with Gasteiger partial charge in [-0.15, -0.1) is 0 Å². The SMILES string of the molecule is Cc1cnccc1C1(O)CCCNC1. The van der Waals surface area contributed by atoms with E-state index in [-0.39, 0.29) is 0 Å². The Morgan fingerprint density at radius 3 is 3.07 bits per heavy atom. The number of nitrogens with zero attached hydrogens (tertiary/aromatic N) is 1. The third-order valence-corrected chi connectivity index (χ3v) is 2.88. The minimum Gasteiger partial charge on any atom is -0.384 e. The minimum absolute atomic E-state index is 0.651. The number of aliphatic hydroxyl groups is 1. The summed E-state index contributed by atoms with van der Waals surface area (Å²) in [6, 6.07) is 1.92. The Morgan fingerprint density at radius 2 is 2.43 bits per heavy atom. The molecule has 1 aromatic rings. The van der Waals surface area contributed by atoms with Crippen LogP contribution >= 0.6 is 0 Å².